The van der Waals surface area contributed by atoms with Gasteiger partial charge in [-0.25, -0.2) is 0 Å². The average molecular weight is 264 g/mol. The smallest absolute Gasteiger partial charge is 0.316 e. The molecule has 0 saturated carbocycles. The minimum Gasteiger partial charge on any atom is -0.468 e. The van der Waals surface area contributed by atoms with Crippen LogP contribution in [0.4, 0.5) is 0 Å². The zero-order valence-electron chi connectivity index (χ0n) is 10.9. The van der Waals surface area contributed by atoms with Crippen LogP contribution < -0.4 is 0 Å². The molecule has 0 fully saturated rings. The number of carbonyl (C=O) groups excluding carboxylic acids is 3. The summed E-state index contributed by atoms with van der Waals surface area (Å²) in [6, 6.07) is 8.49. The lowest BCUT2D eigenvalue weighted by Gasteiger charge is -2.12. The number of carbonyl (C=O) groups is 3. The molecule has 1 rings (SSSR count). The topological polar surface area (TPSA) is 69.7 Å². The van der Waals surface area contributed by atoms with Crippen molar-refractivity contribution in [2.45, 2.75) is 6.42 Å². The fraction of sp³-hybridized carbons (Fsp3) is 0.357. The predicted octanol–water partition coefficient (Wildman–Crippen LogP) is 1.26. The maximum Gasteiger partial charge on any atom is 0.316 e. The lowest BCUT2D eigenvalue weighted by molar-refractivity contribution is -0.150. The van der Waals surface area contributed by atoms with Gasteiger partial charge in [0.1, 0.15) is 12.5 Å². The molecule has 1 aromatic carbocycles. The quantitative estimate of drug-likeness (QED) is 0.421. The van der Waals surface area contributed by atoms with Crippen LogP contribution in [0, 0.1) is 5.92 Å². The van der Waals surface area contributed by atoms with Crippen LogP contribution in [-0.4, -0.2) is 38.4 Å². The Hall–Kier alpha value is -2.01. The first-order chi connectivity index (χ1) is 9.10. The Morgan fingerprint density at radius 2 is 1.74 bits per heavy atom. The van der Waals surface area contributed by atoms with Crippen LogP contribution in [0.5, 0.6) is 0 Å². The fourth-order valence-corrected chi connectivity index (χ4v) is 1.64. The van der Waals surface area contributed by atoms with E-state index < -0.39 is 17.7 Å². The molecule has 0 aromatic heterocycles. The van der Waals surface area contributed by atoms with Crippen LogP contribution in [-0.2, 0) is 19.1 Å². The molecule has 0 aliphatic rings. The maximum atomic E-state index is 12.0. The lowest BCUT2D eigenvalue weighted by Crippen LogP contribution is -2.30. The summed E-state index contributed by atoms with van der Waals surface area (Å²) in [7, 11) is 2.54. The highest BCUT2D eigenvalue weighted by Gasteiger charge is 2.30. The van der Waals surface area contributed by atoms with E-state index in [1.54, 1.807) is 30.3 Å². The average Bonchev–Trinajstić information content (AvgIpc) is 2.44. The van der Waals surface area contributed by atoms with Gasteiger partial charge in [0.2, 0.25) is 0 Å². The maximum absolute atomic E-state index is 12.0. The van der Waals surface area contributed by atoms with Gasteiger partial charge in [-0.1, -0.05) is 30.3 Å². The third-order valence-electron chi connectivity index (χ3n) is 2.65. The van der Waals surface area contributed by atoms with Crippen LogP contribution in [0.3, 0.4) is 0 Å². The molecule has 0 bridgehead atoms. The molecule has 0 N–H and O–H groups in total. The van der Waals surface area contributed by atoms with Crippen molar-refractivity contribution in [3.63, 3.8) is 0 Å². The molecule has 0 saturated heterocycles. The molecule has 1 aromatic rings. The zero-order valence-corrected chi connectivity index (χ0v) is 10.9. The number of hydrogen-bond donors (Lipinski definition) is 0. The molecule has 0 amide bonds. The number of benzene rings is 1. The van der Waals surface area contributed by atoms with Crippen molar-refractivity contribution in [2.24, 2.45) is 5.92 Å². The van der Waals surface area contributed by atoms with Gasteiger partial charge in [0.15, 0.2) is 11.6 Å². The number of hydrogen-bond acceptors (Lipinski definition) is 5. The fourth-order valence-electron chi connectivity index (χ4n) is 1.64. The predicted molar refractivity (Wildman–Crippen MR) is 67.8 cm³/mol. The van der Waals surface area contributed by atoms with E-state index in [2.05, 4.69) is 4.74 Å². The first kappa shape index (κ1) is 15.0. The number of ketones is 2. The van der Waals surface area contributed by atoms with Gasteiger partial charge >= 0.3 is 5.97 Å². The van der Waals surface area contributed by atoms with Crippen molar-refractivity contribution in [1.29, 1.82) is 0 Å². The van der Waals surface area contributed by atoms with E-state index in [-0.39, 0.29) is 18.8 Å². The summed E-state index contributed by atoms with van der Waals surface area (Å²) < 4.78 is 9.25. The summed E-state index contributed by atoms with van der Waals surface area (Å²) in [6.07, 6.45) is -0.209. The molecule has 5 heteroatoms. The van der Waals surface area contributed by atoms with Gasteiger partial charge in [0.05, 0.1) is 7.11 Å². The van der Waals surface area contributed by atoms with Crippen LogP contribution in [0.1, 0.15) is 16.8 Å². The number of ether oxygens (including phenoxy) is 2. The van der Waals surface area contributed by atoms with Crippen molar-refractivity contribution in [3.8, 4) is 0 Å². The Morgan fingerprint density at radius 1 is 1.11 bits per heavy atom. The Kier molecular flexibility index (Phi) is 5.89. The van der Waals surface area contributed by atoms with Crippen LogP contribution >= 0.6 is 0 Å². The van der Waals surface area contributed by atoms with E-state index >= 15 is 0 Å². The highest BCUT2D eigenvalue weighted by Crippen LogP contribution is 2.13. The minimum atomic E-state index is -1.11. The van der Waals surface area contributed by atoms with Gasteiger partial charge in [-0.2, -0.15) is 0 Å². The van der Waals surface area contributed by atoms with Crippen molar-refractivity contribution in [2.75, 3.05) is 20.8 Å². The second-order valence-corrected chi connectivity index (χ2v) is 3.97. The van der Waals surface area contributed by atoms with Crippen LogP contribution in [0.2, 0.25) is 0 Å². The first-order valence-electron chi connectivity index (χ1n) is 5.78. The van der Waals surface area contributed by atoms with Gasteiger partial charge in [-0.3, -0.25) is 14.4 Å². The summed E-state index contributed by atoms with van der Waals surface area (Å²) in [5.74, 6) is -2.57. The Morgan fingerprint density at radius 3 is 2.26 bits per heavy atom. The van der Waals surface area contributed by atoms with E-state index in [1.807, 2.05) is 0 Å². The van der Waals surface area contributed by atoms with Crippen molar-refractivity contribution in [3.05, 3.63) is 35.9 Å². The van der Waals surface area contributed by atoms with E-state index in [0.717, 1.165) is 0 Å². The number of esters is 1. The number of Topliss-reactive ketones (excluding diaryl/α,β-unsaturated/α-hetero) is 2. The summed E-state index contributed by atoms with van der Waals surface area (Å²) in [5, 5.41) is 0. The summed E-state index contributed by atoms with van der Waals surface area (Å²) in [6.45, 7) is -0.220. The van der Waals surface area contributed by atoms with Gasteiger partial charge in [-0.05, 0) is 0 Å². The molecule has 0 aliphatic heterocycles. The van der Waals surface area contributed by atoms with E-state index in [0.29, 0.717) is 5.56 Å². The molecular weight excluding hydrogens is 248 g/mol. The molecule has 1 atom stereocenters. The summed E-state index contributed by atoms with van der Waals surface area (Å²) in [4.78, 5) is 35.3. The summed E-state index contributed by atoms with van der Waals surface area (Å²) >= 11 is 0. The highest BCUT2D eigenvalue weighted by molar-refractivity contribution is 6.06. The third kappa shape index (κ3) is 4.30. The first-order valence-corrected chi connectivity index (χ1v) is 5.78. The van der Waals surface area contributed by atoms with Gasteiger partial charge in [-0.15, -0.1) is 0 Å². The Labute approximate surface area is 111 Å². The van der Waals surface area contributed by atoms with Gasteiger partial charge in [0.25, 0.3) is 0 Å². The van der Waals surface area contributed by atoms with Gasteiger partial charge in [0, 0.05) is 19.1 Å². The summed E-state index contributed by atoms with van der Waals surface area (Å²) in [5.41, 5.74) is 0.460. The highest BCUT2D eigenvalue weighted by atomic mass is 16.5. The molecular formula is C14H16O5. The molecule has 19 heavy (non-hydrogen) atoms. The Balaban J connectivity index is 2.80. The molecule has 0 radical (unpaired) electrons. The van der Waals surface area contributed by atoms with Gasteiger partial charge < -0.3 is 9.47 Å². The van der Waals surface area contributed by atoms with Crippen molar-refractivity contribution in [1.82, 2.24) is 0 Å². The minimum absolute atomic E-state index is 0.209. The molecule has 5 nitrogen and oxygen atoms in total. The third-order valence-corrected chi connectivity index (χ3v) is 2.65. The van der Waals surface area contributed by atoms with Crippen molar-refractivity contribution < 1.29 is 23.9 Å². The largest absolute Gasteiger partial charge is 0.468 e. The van der Waals surface area contributed by atoms with Crippen LogP contribution in [0.25, 0.3) is 0 Å². The van der Waals surface area contributed by atoms with Crippen molar-refractivity contribution >= 4 is 17.5 Å². The normalized spacial score (nSPS) is 11.7. The molecule has 102 valence electrons. The monoisotopic (exact) mass is 264 g/mol. The van der Waals surface area contributed by atoms with Crippen LogP contribution in [0.15, 0.2) is 30.3 Å². The SMILES string of the molecule is COCC(=O)C(CC(=O)c1ccccc1)C(=O)OC. The standard InChI is InChI=1S/C14H16O5/c1-18-9-13(16)11(14(17)19-2)8-12(15)10-6-4-3-5-7-10/h3-7,11H,8-9H2,1-2H3. The number of rotatable bonds is 7. The van der Waals surface area contributed by atoms with E-state index in [9.17, 15) is 14.4 Å². The zero-order chi connectivity index (χ0) is 14.3. The molecule has 0 heterocycles. The molecule has 0 spiro atoms. The Bertz CT molecular complexity index is 452. The van der Waals surface area contributed by atoms with E-state index in [4.69, 9.17) is 4.74 Å². The van der Waals surface area contributed by atoms with E-state index in [1.165, 1.54) is 14.2 Å². The molecule has 0 aliphatic carbocycles. The molecule has 1 unspecified atom stereocenters. The number of methoxy groups -OCH3 is 2. The second kappa shape index (κ2) is 7.43. The second-order valence-electron chi connectivity index (χ2n) is 3.97. The lowest BCUT2D eigenvalue weighted by atomic mass is 9.95.